The molecule has 0 fully saturated rings. The summed E-state index contributed by atoms with van der Waals surface area (Å²) < 4.78 is 0. The van der Waals surface area contributed by atoms with Gasteiger partial charge >= 0.3 is 0 Å². The molecule has 0 aliphatic heterocycles. The van der Waals surface area contributed by atoms with Crippen LogP contribution < -0.4 is 0 Å². The minimum atomic E-state index is 0.872. The molecule has 1 heteroatoms. The first-order chi connectivity index (χ1) is 3.31. The van der Waals surface area contributed by atoms with Crippen molar-refractivity contribution in [3.8, 4) is 0 Å². The van der Waals surface area contributed by atoms with Gasteiger partial charge in [0.25, 0.3) is 0 Å². The Bertz CT molecular complexity index is 82.2. The van der Waals surface area contributed by atoms with Gasteiger partial charge in [-0.2, -0.15) is 0 Å². The van der Waals surface area contributed by atoms with Crippen molar-refractivity contribution in [3.63, 3.8) is 0 Å². The molecule has 0 N–H and O–H groups in total. The fourth-order valence-electron chi connectivity index (χ4n) is 0.280. The van der Waals surface area contributed by atoms with Gasteiger partial charge in [-0.3, -0.25) is 0 Å². The Morgan fingerprint density at radius 2 is 2.43 bits per heavy atom. The van der Waals surface area contributed by atoms with Gasteiger partial charge in [0.15, 0.2) is 0 Å². The van der Waals surface area contributed by atoms with Gasteiger partial charge in [0.05, 0.1) is 0 Å². The largest absolute Gasteiger partial charge is 0.0950 e. The molecule has 0 unspecified atom stereocenters. The molecule has 0 aliphatic rings. The normalized spacial score (nSPS) is 10.0. The van der Waals surface area contributed by atoms with E-state index in [9.17, 15) is 0 Å². The van der Waals surface area contributed by atoms with Crippen LogP contribution in [0.4, 0.5) is 0 Å². The zero-order valence-electron chi connectivity index (χ0n) is 4.45. The molecule has 0 amide bonds. The molecule has 0 aliphatic carbocycles. The Balaban J connectivity index is 3.37. The standard InChI is InChI=1S/C6H9Br/c1-3-4-6(2)5-7/h3-4H,2,5H2,1H3/b4-3-. The van der Waals surface area contributed by atoms with Gasteiger partial charge in [0, 0.05) is 5.33 Å². The lowest BCUT2D eigenvalue weighted by molar-refractivity contribution is 1.57. The zero-order valence-corrected chi connectivity index (χ0v) is 6.03. The van der Waals surface area contributed by atoms with E-state index in [0.717, 1.165) is 10.9 Å². The topological polar surface area (TPSA) is 0 Å². The lowest BCUT2D eigenvalue weighted by atomic mass is 10.3. The molecule has 0 nitrogen and oxygen atoms in total. The van der Waals surface area contributed by atoms with Crippen molar-refractivity contribution in [3.05, 3.63) is 24.3 Å². The van der Waals surface area contributed by atoms with Crippen LogP contribution in [0.25, 0.3) is 0 Å². The molecule has 0 heterocycles. The molecule has 7 heavy (non-hydrogen) atoms. The molecule has 0 rings (SSSR count). The van der Waals surface area contributed by atoms with Crippen molar-refractivity contribution in [2.45, 2.75) is 6.92 Å². The lowest BCUT2D eigenvalue weighted by Gasteiger charge is -1.84. The first-order valence-electron chi connectivity index (χ1n) is 2.17. The highest BCUT2D eigenvalue weighted by molar-refractivity contribution is 9.09. The van der Waals surface area contributed by atoms with E-state index in [4.69, 9.17) is 0 Å². The molecule has 0 aromatic heterocycles. The molecule has 40 valence electrons. The van der Waals surface area contributed by atoms with Gasteiger partial charge in [-0.15, -0.1) is 0 Å². The molecule has 0 aromatic rings. The highest BCUT2D eigenvalue weighted by Gasteiger charge is 1.76. The van der Waals surface area contributed by atoms with E-state index in [0.29, 0.717) is 0 Å². The first kappa shape index (κ1) is 6.96. The highest BCUT2D eigenvalue weighted by Crippen LogP contribution is 1.95. The maximum Gasteiger partial charge on any atom is 0.0277 e. The predicted octanol–water partition coefficient (Wildman–Crippen LogP) is 2.51. The summed E-state index contributed by atoms with van der Waals surface area (Å²) in [5, 5.41) is 0.872. The van der Waals surface area contributed by atoms with Gasteiger partial charge < -0.3 is 0 Å². The average Bonchev–Trinajstić information content (AvgIpc) is 1.68. The van der Waals surface area contributed by atoms with Crippen LogP contribution in [0.15, 0.2) is 24.3 Å². The Morgan fingerprint density at radius 1 is 1.86 bits per heavy atom. The molecule has 0 radical (unpaired) electrons. The summed E-state index contributed by atoms with van der Waals surface area (Å²) in [6.45, 7) is 5.71. The van der Waals surface area contributed by atoms with Crippen LogP contribution in [0.2, 0.25) is 0 Å². The minimum Gasteiger partial charge on any atom is -0.0950 e. The van der Waals surface area contributed by atoms with Crippen molar-refractivity contribution in [1.29, 1.82) is 0 Å². The maximum atomic E-state index is 3.73. The number of allylic oxidation sites excluding steroid dienone is 3. The van der Waals surface area contributed by atoms with Gasteiger partial charge in [-0.05, 0) is 12.5 Å². The Hall–Kier alpha value is -0.0400. The number of hydrogen-bond acceptors (Lipinski definition) is 0. The highest BCUT2D eigenvalue weighted by atomic mass is 79.9. The van der Waals surface area contributed by atoms with E-state index in [1.807, 2.05) is 19.1 Å². The van der Waals surface area contributed by atoms with Crippen LogP contribution in [-0.2, 0) is 0 Å². The molecular weight excluding hydrogens is 152 g/mol. The summed E-state index contributed by atoms with van der Waals surface area (Å²) in [6.07, 6.45) is 3.96. The second-order valence-electron chi connectivity index (χ2n) is 1.29. The summed E-state index contributed by atoms with van der Waals surface area (Å²) >= 11 is 3.26. The number of alkyl halides is 1. The van der Waals surface area contributed by atoms with Gasteiger partial charge in [0.2, 0.25) is 0 Å². The Morgan fingerprint density at radius 3 is 2.57 bits per heavy atom. The van der Waals surface area contributed by atoms with E-state index in [-0.39, 0.29) is 0 Å². The van der Waals surface area contributed by atoms with E-state index in [1.165, 1.54) is 0 Å². The molecule has 0 aromatic carbocycles. The quantitative estimate of drug-likeness (QED) is 0.431. The fourth-order valence-corrected chi connectivity index (χ4v) is 0.467. The van der Waals surface area contributed by atoms with Crippen LogP contribution in [0, 0.1) is 0 Å². The molecule has 0 saturated heterocycles. The van der Waals surface area contributed by atoms with Crippen LogP contribution in [0.1, 0.15) is 6.92 Å². The molecule has 0 atom stereocenters. The van der Waals surface area contributed by atoms with Crippen LogP contribution in [0.3, 0.4) is 0 Å². The van der Waals surface area contributed by atoms with Crippen molar-refractivity contribution >= 4 is 15.9 Å². The first-order valence-corrected chi connectivity index (χ1v) is 3.30. The second kappa shape index (κ2) is 4.13. The van der Waals surface area contributed by atoms with Crippen molar-refractivity contribution in [2.75, 3.05) is 5.33 Å². The van der Waals surface area contributed by atoms with Crippen molar-refractivity contribution < 1.29 is 0 Å². The summed E-state index contributed by atoms with van der Waals surface area (Å²) in [5.41, 5.74) is 1.11. The Labute approximate surface area is 53.1 Å². The van der Waals surface area contributed by atoms with Crippen molar-refractivity contribution in [2.24, 2.45) is 0 Å². The smallest absolute Gasteiger partial charge is 0.0277 e. The van der Waals surface area contributed by atoms with E-state index < -0.39 is 0 Å². The maximum absolute atomic E-state index is 3.73. The minimum absolute atomic E-state index is 0.872. The summed E-state index contributed by atoms with van der Waals surface area (Å²) in [4.78, 5) is 0. The molecule has 0 bridgehead atoms. The number of rotatable bonds is 2. The van der Waals surface area contributed by atoms with Gasteiger partial charge in [-0.1, -0.05) is 34.7 Å². The summed E-state index contributed by atoms with van der Waals surface area (Å²) in [6, 6.07) is 0. The monoisotopic (exact) mass is 160 g/mol. The van der Waals surface area contributed by atoms with E-state index in [1.54, 1.807) is 0 Å². The predicted molar refractivity (Wildman–Crippen MR) is 37.7 cm³/mol. The second-order valence-corrected chi connectivity index (χ2v) is 1.85. The van der Waals surface area contributed by atoms with Crippen LogP contribution in [0.5, 0.6) is 0 Å². The lowest BCUT2D eigenvalue weighted by Crippen LogP contribution is -1.70. The van der Waals surface area contributed by atoms with Crippen molar-refractivity contribution in [1.82, 2.24) is 0 Å². The SMILES string of the molecule is C=C(/C=C\C)CBr. The summed E-state index contributed by atoms with van der Waals surface area (Å²) in [5.74, 6) is 0. The Kier molecular flexibility index (Phi) is 4.10. The van der Waals surface area contributed by atoms with E-state index in [2.05, 4.69) is 22.5 Å². The van der Waals surface area contributed by atoms with Crippen LogP contribution in [-0.4, -0.2) is 5.33 Å². The molecular formula is C6H9Br. The zero-order chi connectivity index (χ0) is 5.70. The average molecular weight is 161 g/mol. The molecule has 0 saturated carbocycles. The molecule has 0 spiro atoms. The van der Waals surface area contributed by atoms with Crippen LogP contribution >= 0.6 is 15.9 Å². The van der Waals surface area contributed by atoms with Gasteiger partial charge in [0.1, 0.15) is 0 Å². The third-order valence-corrected chi connectivity index (χ3v) is 1.29. The fraction of sp³-hybridized carbons (Fsp3) is 0.333. The summed E-state index contributed by atoms with van der Waals surface area (Å²) in [7, 11) is 0. The number of hydrogen-bond donors (Lipinski definition) is 0. The third-order valence-electron chi connectivity index (χ3n) is 0.574. The van der Waals surface area contributed by atoms with Gasteiger partial charge in [-0.25, -0.2) is 0 Å². The number of halogens is 1. The van der Waals surface area contributed by atoms with E-state index >= 15 is 0 Å². The third kappa shape index (κ3) is 3.80.